The van der Waals surface area contributed by atoms with Crippen LogP contribution in [-0.4, -0.2) is 61.6 Å². The van der Waals surface area contributed by atoms with E-state index in [4.69, 9.17) is 4.98 Å². The summed E-state index contributed by atoms with van der Waals surface area (Å²) in [6.45, 7) is 4.72. The van der Waals surface area contributed by atoms with Crippen molar-refractivity contribution in [3.8, 4) is 0 Å². The van der Waals surface area contributed by atoms with Crippen molar-refractivity contribution in [1.29, 1.82) is 0 Å². The van der Waals surface area contributed by atoms with Crippen LogP contribution in [0.1, 0.15) is 29.8 Å². The maximum Gasteiger partial charge on any atom is 0.274 e. The highest BCUT2D eigenvalue weighted by atomic mass is 35.5. The Morgan fingerprint density at radius 1 is 0.971 bits per heavy atom. The zero-order chi connectivity index (χ0) is 20.3. The van der Waals surface area contributed by atoms with Gasteiger partial charge in [0.05, 0.1) is 0 Å². The van der Waals surface area contributed by atoms with Gasteiger partial charge in [-0.1, -0.05) is 29.8 Å². The number of nitrogens with one attached hydrogen (secondary N) is 2. The number of halogens is 3. The lowest BCUT2D eigenvalue weighted by atomic mass is 9.90. The zero-order valence-corrected chi connectivity index (χ0v) is 21.6. The van der Waals surface area contributed by atoms with E-state index in [9.17, 15) is 4.79 Å². The molecule has 0 bridgehead atoms. The number of aromatic nitrogens is 4. The first-order valence-electron chi connectivity index (χ1n) is 10.6. The molecule has 9 nitrogen and oxygen atoms in total. The van der Waals surface area contributed by atoms with Crippen LogP contribution in [0.25, 0.3) is 5.57 Å². The molecule has 2 aliphatic heterocycles. The second-order valence-electron chi connectivity index (χ2n) is 7.87. The fourth-order valence-electron chi connectivity index (χ4n) is 4.50. The molecule has 0 amide bonds. The van der Waals surface area contributed by atoms with Gasteiger partial charge in [0.1, 0.15) is 5.82 Å². The number of hydrogen-bond acceptors (Lipinski definition) is 5. The fraction of sp³-hybridized carbons (Fsp3) is 0.348. The molecule has 1 fully saturated rings. The molecule has 0 radical (unpaired) electrons. The lowest BCUT2D eigenvalue weighted by Crippen LogP contribution is -2.35. The van der Waals surface area contributed by atoms with E-state index in [0.717, 1.165) is 57.8 Å². The van der Waals surface area contributed by atoms with Crippen LogP contribution < -0.4 is 10.9 Å². The maximum atomic E-state index is 11.3. The molecule has 2 aliphatic rings. The van der Waals surface area contributed by atoms with E-state index in [1.165, 1.54) is 28.3 Å². The monoisotopic (exact) mass is 546 g/mol. The van der Waals surface area contributed by atoms with E-state index in [-0.39, 0.29) is 53.7 Å². The number of piperidine rings is 1. The highest BCUT2D eigenvalue weighted by Crippen LogP contribution is 2.35. The van der Waals surface area contributed by atoms with Crippen LogP contribution in [0.4, 0.5) is 5.95 Å². The van der Waals surface area contributed by atoms with Crippen LogP contribution in [0.2, 0.25) is 0 Å². The standard InChI is InChI=1S/C23H26N6O.3ClH.2H2O/c30-20-5-9-25-23(27-20)26-10-15-28-12-6-18(7-13-28)21-19-4-2-1-3-17(19)8-14-29-16-11-24-22(21)29;;;;;/h1-5,9,11,16H,6-8,10,12-15H2,(H2,25,26,27,30);3*1H;2*1H2. The minimum atomic E-state index is -0.229. The molecule has 35 heavy (non-hydrogen) atoms. The summed E-state index contributed by atoms with van der Waals surface area (Å²) in [4.78, 5) is 25.4. The smallest absolute Gasteiger partial charge is 0.274 e. The number of aromatic amines is 1. The van der Waals surface area contributed by atoms with Gasteiger partial charge in [0, 0.05) is 63.0 Å². The third kappa shape index (κ3) is 7.30. The summed E-state index contributed by atoms with van der Waals surface area (Å²) in [6.07, 6.45) is 8.79. The SMILES string of the molecule is Cl.Cl.Cl.O.O.O=c1cc[nH]c(NCCN2CCC(=C3c4ccccc4CCn4ccnc43)CC2)n1. The molecule has 0 saturated carbocycles. The van der Waals surface area contributed by atoms with Gasteiger partial charge in [-0.2, -0.15) is 4.98 Å². The van der Waals surface area contributed by atoms with E-state index in [1.54, 1.807) is 6.20 Å². The van der Waals surface area contributed by atoms with Crippen molar-refractivity contribution in [1.82, 2.24) is 24.4 Å². The van der Waals surface area contributed by atoms with Crippen LogP contribution in [-0.2, 0) is 13.0 Å². The van der Waals surface area contributed by atoms with Crippen molar-refractivity contribution in [3.63, 3.8) is 0 Å². The van der Waals surface area contributed by atoms with Gasteiger partial charge in [-0.05, 0) is 30.4 Å². The number of benzene rings is 1. The molecule has 12 heteroatoms. The molecule has 4 heterocycles. The summed E-state index contributed by atoms with van der Waals surface area (Å²) >= 11 is 0. The van der Waals surface area contributed by atoms with Crippen LogP contribution in [0.3, 0.4) is 0 Å². The summed E-state index contributed by atoms with van der Waals surface area (Å²) < 4.78 is 2.30. The van der Waals surface area contributed by atoms with Crippen molar-refractivity contribution in [3.05, 3.63) is 81.8 Å². The first-order valence-corrected chi connectivity index (χ1v) is 10.6. The molecule has 5 rings (SSSR count). The van der Waals surface area contributed by atoms with Gasteiger partial charge in [0.2, 0.25) is 5.95 Å². The third-order valence-electron chi connectivity index (χ3n) is 6.05. The number of nitrogens with zero attached hydrogens (tertiary/aromatic N) is 4. The van der Waals surface area contributed by atoms with Gasteiger partial charge in [-0.25, -0.2) is 4.98 Å². The summed E-state index contributed by atoms with van der Waals surface area (Å²) in [5.74, 6) is 1.65. The molecule has 0 aliphatic carbocycles. The van der Waals surface area contributed by atoms with Crippen molar-refractivity contribution >= 4 is 48.7 Å². The summed E-state index contributed by atoms with van der Waals surface area (Å²) in [5.41, 5.74) is 5.40. The van der Waals surface area contributed by atoms with Gasteiger partial charge in [-0.15, -0.1) is 37.2 Å². The molecule has 1 saturated heterocycles. The number of fused-ring (bicyclic) bond motifs is 2. The Labute approximate surface area is 222 Å². The van der Waals surface area contributed by atoms with Crippen molar-refractivity contribution < 1.29 is 11.0 Å². The number of anilines is 1. The highest BCUT2D eigenvalue weighted by molar-refractivity contribution is 5.86. The first-order chi connectivity index (χ1) is 14.8. The molecule has 6 N–H and O–H groups in total. The summed E-state index contributed by atoms with van der Waals surface area (Å²) in [6, 6.07) is 10.2. The van der Waals surface area contributed by atoms with Gasteiger partial charge < -0.3 is 30.7 Å². The molecule has 194 valence electrons. The number of aryl methyl sites for hydroxylation is 2. The van der Waals surface area contributed by atoms with Crippen molar-refractivity contribution in [2.45, 2.75) is 25.8 Å². The van der Waals surface area contributed by atoms with E-state index >= 15 is 0 Å². The Morgan fingerprint density at radius 3 is 2.46 bits per heavy atom. The summed E-state index contributed by atoms with van der Waals surface area (Å²) in [5, 5.41) is 3.20. The number of likely N-dealkylation sites (tertiary alicyclic amines) is 1. The normalized spacial score (nSPS) is 14.3. The molecule has 1 aromatic carbocycles. The maximum absolute atomic E-state index is 11.3. The minimum Gasteiger partial charge on any atom is -0.412 e. The molecular weight excluding hydrogens is 515 g/mol. The van der Waals surface area contributed by atoms with Crippen LogP contribution in [0.5, 0.6) is 0 Å². The Bertz CT molecular complexity index is 1140. The molecular formula is C23H33Cl3N6O3. The largest absolute Gasteiger partial charge is 0.412 e. The summed E-state index contributed by atoms with van der Waals surface area (Å²) in [7, 11) is 0. The molecule has 2 aromatic heterocycles. The predicted octanol–water partition coefficient (Wildman–Crippen LogP) is 2.15. The number of imidazole rings is 1. The number of H-pyrrole nitrogens is 1. The van der Waals surface area contributed by atoms with Crippen LogP contribution in [0.15, 0.2) is 59.3 Å². The topological polar surface area (TPSA) is 142 Å². The van der Waals surface area contributed by atoms with E-state index in [0.29, 0.717) is 5.95 Å². The second kappa shape index (κ2) is 14.9. The Morgan fingerprint density at radius 2 is 1.71 bits per heavy atom. The van der Waals surface area contributed by atoms with Crippen molar-refractivity contribution in [2.75, 3.05) is 31.5 Å². The molecule has 0 spiro atoms. The average molecular weight is 548 g/mol. The van der Waals surface area contributed by atoms with E-state index < -0.39 is 0 Å². The second-order valence-corrected chi connectivity index (χ2v) is 7.87. The Balaban J connectivity index is 0.00000231. The van der Waals surface area contributed by atoms with Gasteiger partial charge >= 0.3 is 0 Å². The van der Waals surface area contributed by atoms with Gasteiger partial charge in [0.25, 0.3) is 5.56 Å². The lowest BCUT2D eigenvalue weighted by Gasteiger charge is -2.30. The predicted molar refractivity (Wildman–Crippen MR) is 146 cm³/mol. The first kappa shape index (κ1) is 32.6. The van der Waals surface area contributed by atoms with Crippen LogP contribution in [0, 0.1) is 0 Å². The number of hydrogen-bond donors (Lipinski definition) is 2. The van der Waals surface area contributed by atoms with Crippen LogP contribution >= 0.6 is 37.2 Å². The quantitative estimate of drug-likeness (QED) is 0.515. The molecule has 0 atom stereocenters. The Kier molecular flexibility index (Phi) is 13.9. The highest BCUT2D eigenvalue weighted by Gasteiger charge is 2.24. The van der Waals surface area contributed by atoms with E-state index in [2.05, 4.69) is 55.2 Å². The van der Waals surface area contributed by atoms with Gasteiger partial charge in [0.15, 0.2) is 0 Å². The van der Waals surface area contributed by atoms with Crippen molar-refractivity contribution in [2.24, 2.45) is 0 Å². The third-order valence-corrected chi connectivity index (χ3v) is 6.05. The number of rotatable bonds is 4. The lowest BCUT2D eigenvalue weighted by molar-refractivity contribution is 0.266. The fourth-order valence-corrected chi connectivity index (χ4v) is 4.50. The Hall–Kier alpha value is -2.40. The minimum absolute atomic E-state index is 0. The molecule has 3 aromatic rings. The molecule has 0 unspecified atom stereocenters. The average Bonchev–Trinajstić information content (AvgIpc) is 3.16. The van der Waals surface area contributed by atoms with E-state index in [1.807, 2.05) is 6.20 Å². The van der Waals surface area contributed by atoms with Gasteiger partial charge in [-0.3, -0.25) is 4.79 Å². The zero-order valence-electron chi connectivity index (χ0n) is 19.2.